The Hall–Kier alpha value is -2.55. The second kappa shape index (κ2) is 5.75. The van der Waals surface area contributed by atoms with E-state index in [4.69, 9.17) is 0 Å². The van der Waals surface area contributed by atoms with E-state index in [0.29, 0.717) is 11.5 Å². The summed E-state index contributed by atoms with van der Waals surface area (Å²) in [4.78, 5) is -3.20. The molecule has 4 aromatic rings. The number of rotatable bonds is 3. The molecule has 0 aliphatic heterocycles. The lowest BCUT2D eigenvalue weighted by Crippen LogP contribution is -2.08. The molecular formula is C16H10O10S3. The van der Waals surface area contributed by atoms with Gasteiger partial charge in [0, 0.05) is 21.5 Å². The quantitative estimate of drug-likeness (QED) is 0.262. The highest BCUT2D eigenvalue weighted by molar-refractivity contribution is 7.87. The average Bonchev–Trinajstić information content (AvgIpc) is 2.55. The number of aromatic hydroxyl groups is 1. The van der Waals surface area contributed by atoms with Crippen molar-refractivity contribution in [2.45, 2.75) is 14.7 Å². The first-order valence-electron chi connectivity index (χ1n) is 7.62. The molecule has 0 heterocycles. The normalized spacial score (nSPS) is 13.6. The van der Waals surface area contributed by atoms with Crippen molar-refractivity contribution < 1.29 is 44.0 Å². The zero-order valence-electron chi connectivity index (χ0n) is 13.9. The Bertz CT molecular complexity index is 1670. The molecule has 0 radical (unpaired) electrons. The molecular weight excluding hydrogens is 448 g/mol. The standard InChI is InChI=1S/C16H10O10S3/c17-14-15(28(21,22)23)9-5-4-7-2-1-3-8-11(27(18,19)20)6-10(13(9)12(7)8)16(14)29(24,25)26/h1-6,17H,(H,18,19,20)(H,21,22,23)(H,24,25,26). The summed E-state index contributed by atoms with van der Waals surface area (Å²) in [6, 6.07) is 7.53. The third kappa shape index (κ3) is 2.82. The minimum atomic E-state index is -5.31. The molecule has 0 aromatic heterocycles. The fraction of sp³-hybridized carbons (Fsp3) is 0. The van der Waals surface area contributed by atoms with Crippen molar-refractivity contribution in [3.05, 3.63) is 36.4 Å². The van der Waals surface area contributed by atoms with Crippen molar-refractivity contribution in [3.63, 3.8) is 0 Å². The maximum Gasteiger partial charge on any atom is 0.298 e. The molecule has 13 heteroatoms. The molecule has 0 saturated carbocycles. The predicted octanol–water partition coefficient (Wildman–Crippen LogP) is 2.03. The van der Waals surface area contributed by atoms with Gasteiger partial charge < -0.3 is 5.11 Å². The molecule has 0 aliphatic rings. The van der Waals surface area contributed by atoms with Gasteiger partial charge in [0.2, 0.25) is 0 Å². The van der Waals surface area contributed by atoms with Crippen LogP contribution in [-0.2, 0) is 30.4 Å². The van der Waals surface area contributed by atoms with E-state index < -0.39 is 56.2 Å². The van der Waals surface area contributed by atoms with Gasteiger partial charge in [0.25, 0.3) is 30.4 Å². The van der Waals surface area contributed by atoms with E-state index in [9.17, 15) is 44.0 Å². The molecule has 4 rings (SSSR count). The summed E-state index contributed by atoms with van der Waals surface area (Å²) in [6.07, 6.45) is 0. The minimum Gasteiger partial charge on any atom is -0.505 e. The van der Waals surface area contributed by atoms with Crippen LogP contribution in [0.5, 0.6) is 5.75 Å². The zero-order valence-corrected chi connectivity index (χ0v) is 16.4. The molecule has 0 bridgehead atoms. The van der Waals surface area contributed by atoms with Crippen LogP contribution in [0.25, 0.3) is 32.3 Å². The van der Waals surface area contributed by atoms with E-state index in [2.05, 4.69) is 0 Å². The molecule has 0 aliphatic carbocycles. The molecule has 10 nitrogen and oxygen atoms in total. The Kier molecular flexibility index (Phi) is 3.91. The predicted molar refractivity (Wildman–Crippen MR) is 101 cm³/mol. The van der Waals surface area contributed by atoms with Crippen molar-refractivity contribution in [2.75, 3.05) is 0 Å². The first-order valence-corrected chi connectivity index (χ1v) is 11.9. The van der Waals surface area contributed by atoms with E-state index in [1.54, 1.807) is 0 Å². The Morgan fingerprint density at radius 3 is 1.76 bits per heavy atom. The van der Waals surface area contributed by atoms with Gasteiger partial charge in [0.15, 0.2) is 5.75 Å². The number of benzene rings is 4. The number of hydrogen-bond donors (Lipinski definition) is 4. The van der Waals surface area contributed by atoms with Crippen molar-refractivity contribution in [1.29, 1.82) is 0 Å². The van der Waals surface area contributed by atoms with Crippen LogP contribution in [0.4, 0.5) is 0 Å². The number of phenolic OH excluding ortho intramolecular Hbond substituents is 1. The van der Waals surface area contributed by atoms with Crippen LogP contribution in [-0.4, -0.2) is 44.0 Å². The summed E-state index contributed by atoms with van der Waals surface area (Å²) in [5.74, 6) is -1.48. The molecule has 0 fully saturated rings. The van der Waals surface area contributed by atoms with Gasteiger partial charge in [-0.2, -0.15) is 25.3 Å². The Morgan fingerprint density at radius 2 is 1.21 bits per heavy atom. The highest BCUT2D eigenvalue weighted by atomic mass is 32.2. The number of phenols is 1. The summed E-state index contributed by atoms with van der Waals surface area (Å²) >= 11 is 0. The molecule has 0 unspecified atom stereocenters. The van der Waals surface area contributed by atoms with Gasteiger partial charge in [-0.1, -0.05) is 30.3 Å². The van der Waals surface area contributed by atoms with Gasteiger partial charge in [0.1, 0.15) is 14.7 Å². The van der Waals surface area contributed by atoms with E-state index in [-0.39, 0.29) is 21.5 Å². The lowest BCUT2D eigenvalue weighted by Gasteiger charge is -2.18. The van der Waals surface area contributed by atoms with Crippen LogP contribution in [0.15, 0.2) is 51.1 Å². The van der Waals surface area contributed by atoms with Gasteiger partial charge in [-0.05, 0) is 16.8 Å². The fourth-order valence-electron chi connectivity index (χ4n) is 3.61. The largest absolute Gasteiger partial charge is 0.505 e. The summed E-state index contributed by atoms with van der Waals surface area (Å²) in [5.41, 5.74) is 0. The first kappa shape index (κ1) is 19.8. The van der Waals surface area contributed by atoms with E-state index >= 15 is 0 Å². The van der Waals surface area contributed by atoms with Crippen molar-refractivity contribution >= 4 is 62.7 Å². The SMILES string of the molecule is O=S(=O)(O)c1cc2c(S(=O)(=O)O)c(O)c(S(=O)(=O)O)c3ccc4cccc1c4c32. The molecule has 0 atom stereocenters. The molecule has 0 spiro atoms. The topological polar surface area (TPSA) is 183 Å². The monoisotopic (exact) mass is 458 g/mol. The van der Waals surface area contributed by atoms with Crippen molar-refractivity contribution in [2.24, 2.45) is 0 Å². The van der Waals surface area contributed by atoms with Gasteiger partial charge in [0.05, 0.1) is 0 Å². The molecule has 0 amide bonds. The Morgan fingerprint density at radius 1 is 0.621 bits per heavy atom. The molecule has 0 saturated heterocycles. The molecule has 152 valence electrons. The maximum absolute atomic E-state index is 11.9. The van der Waals surface area contributed by atoms with E-state index in [0.717, 1.165) is 0 Å². The molecule has 4 N–H and O–H groups in total. The third-order valence-corrected chi connectivity index (χ3v) is 7.32. The van der Waals surface area contributed by atoms with Crippen LogP contribution < -0.4 is 0 Å². The fourth-order valence-corrected chi connectivity index (χ4v) is 5.97. The van der Waals surface area contributed by atoms with Gasteiger partial charge >= 0.3 is 0 Å². The van der Waals surface area contributed by atoms with Crippen LogP contribution in [0.2, 0.25) is 0 Å². The van der Waals surface area contributed by atoms with Gasteiger partial charge in [-0.15, -0.1) is 0 Å². The summed E-state index contributed by atoms with van der Waals surface area (Å²) in [7, 11) is -15.4. The van der Waals surface area contributed by atoms with Gasteiger partial charge in [-0.3, -0.25) is 13.7 Å². The maximum atomic E-state index is 11.9. The highest BCUT2D eigenvalue weighted by Crippen LogP contribution is 2.47. The molecule has 4 aromatic carbocycles. The van der Waals surface area contributed by atoms with Gasteiger partial charge in [-0.25, -0.2) is 0 Å². The molecule has 29 heavy (non-hydrogen) atoms. The summed E-state index contributed by atoms with van der Waals surface area (Å²) in [5, 5.41) is 9.66. The Labute approximate surface area is 163 Å². The summed E-state index contributed by atoms with van der Waals surface area (Å²) < 4.78 is 100. The second-order valence-corrected chi connectivity index (χ2v) is 10.4. The van der Waals surface area contributed by atoms with Crippen LogP contribution in [0.1, 0.15) is 0 Å². The van der Waals surface area contributed by atoms with Crippen LogP contribution >= 0.6 is 0 Å². The van der Waals surface area contributed by atoms with E-state index in [1.165, 1.54) is 30.3 Å². The minimum absolute atomic E-state index is 0.0462. The lowest BCUT2D eigenvalue weighted by atomic mass is 9.94. The van der Waals surface area contributed by atoms with E-state index in [1.807, 2.05) is 0 Å². The van der Waals surface area contributed by atoms with Crippen molar-refractivity contribution in [1.82, 2.24) is 0 Å². The number of hydrogen-bond acceptors (Lipinski definition) is 7. The first-order chi connectivity index (χ1) is 13.2. The average molecular weight is 458 g/mol. The van der Waals surface area contributed by atoms with Crippen LogP contribution in [0.3, 0.4) is 0 Å². The smallest absolute Gasteiger partial charge is 0.298 e. The third-order valence-electron chi connectivity index (χ3n) is 4.57. The summed E-state index contributed by atoms with van der Waals surface area (Å²) in [6.45, 7) is 0. The Balaban J connectivity index is 2.55. The highest BCUT2D eigenvalue weighted by Gasteiger charge is 2.33. The van der Waals surface area contributed by atoms with Crippen LogP contribution in [0, 0.1) is 0 Å². The lowest BCUT2D eigenvalue weighted by molar-refractivity contribution is 0.426. The zero-order chi connectivity index (χ0) is 21.5. The van der Waals surface area contributed by atoms with Crippen molar-refractivity contribution in [3.8, 4) is 5.75 Å². The second-order valence-electron chi connectivity index (χ2n) is 6.25.